The molecular weight excluding hydrogens is 614 g/mol. The second-order valence-corrected chi connectivity index (χ2v) is 14.1. The second-order valence-electron chi connectivity index (χ2n) is 14.1. The van der Waals surface area contributed by atoms with Gasteiger partial charge >= 0.3 is 11.9 Å². The molecular formula is C42H75NO6. The van der Waals surface area contributed by atoms with Crippen molar-refractivity contribution in [2.24, 2.45) is 0 Å². The van der Waals surface area contributed by atoms with Gasteiger partial charge in [0.25, 0.3) is 0 Å². The lowest BCUT2D eigenvalue weighted by Crippen LogP contribution is -2.38. The van der Waals surface area contributed by atoms with Crippen LogP contribution in [0.3, 0.4) is 0 Å². The third kappa shape index (κ3) is 29.5. The molecule has 2 N–H and O–H groups in total. The lowest BCUT2D eigenvalue weighted by molar-refractivity contribution is -0.143. The van der Waals surface area contributed by atoms with E-state index in [9.17, 15) is 19.8 Å². The number of rotatable bonds is 34. The highest BCUT2D eigenvalue weighted by Crippen LogP contribution is 2.25. The maximum atomic E-state index is 12.0. The quantitative estimate of drug-likeness (QED) is 0.0394. The molecule has 1 rings (SSSR count). The first-order chi connectivity index (χ1) is 23.9. The van der Waals surface area contributed by atoms with Gasteiger partial charge in [-0.3, -0.25) is 14.5 Å². The van der Waals surface area contributed by atoms with Crippen LogP contribution in [0.2, 0.25) is 0 Å². The van der Waals surface area contributed by atoms with Gasteiger partial charge in [-0.1, -0.05) is 114 Å². The molecule has 2 unspecified atom stereocenters. The van der Waals surface area contributed by atoms with E-state index in [-0.39, 0.29) is 11.9 Å². The normalized spacial score (nSPS) is 14.4. The van der Waals surface area contributed by atoms with Crippen molar-refractivity contribution in [2.45, 2.75) is 187 Å². The van der Waals surface area contributed by atoms with Gasteiger partial charge < -0.3 is 19.7 Å². The predicted molar refractivity (Wildman–Crippen MR) is 204 cm³/mol. The van der Waals surface area contributed by atoms with Gasteiger partial charge in [0.05, 0.1) is 12.2 Å². The number of aliphatic hydroxyl groups is 2. The van der Waals surface area contributed by atoms with Crippen LogP contribution >= 0.6 is 0 Å². The molecule has 1 aliphatic carbocycles. The summed E-state index contributed by atoms with van der Waals surface area (Å²) in [6.45, 7) is 7.10. The Morgan fingerprint density at radius 3 is 1.57 bits per heavy atom. The third-order valence-electron chi connectivity index (χ3n) is 9.34. The molecule has 0 aliphatic heterocycles. The van der Waals surface area contributed by atoms with Gasteiger partial charge in [-0.25, -0.2) is 0 Å². The van der Waals surface area contributed by atoms with Crippen LogP contribution in [0.4, 0.5) is 0 Å². The Morgan fingerprint density at radius 2 is 1.12 bits per heavy atom. The molecule has 1 aliphatic rings. The highest BCUT2D eigenvalue weighted by atomic mass is 16.5. The molecule has 0 saturated heterocycles. The van der Waals surface area contributed by atoms with Crippen molar-refractivity contribution < 1.29 is 29.3 Å². The van der Waals surface area contributed by atoms with Gasteiger partial charge in [0, 0.05) is 25.9 Å². The van der Waals surface area contributed by atoms with E-state index in [0.29, 0.717) is 52.0 Å². The Kier molecular flexibility index (Phi) is 30.5. The van der Waals surface area contributed by atoms with Gasteiger partial charge in [0.1, 0.15) is 13.2 Å². The summed E-state index contributed by atoms with van der Waals surface area (Å²) in [5, 5.41) is 21.6. The second kappa shape index (κ2) is 33.2. The van der Waals surface area contributed by atoms with Crippen LogP contribution in [0.15, 0.2) is 36.0 Å². The minimum atomic E-state index is -0.450. The van der Waals surface area contributed by atoms with Crippen molar-refractivity contribution in [1.82, 2.24) is 4.90 Å². The summed E-state index contributed by atoms with van der Waals surface area (Å²) >= 11 is 0. The lowest BCUT2D eigenvalue weighted by Gasteiger charge is -2.27. The number of allylic oxidation sites excluding steroid dienone is 4. The Morgan fingerprint density at radius 1 is 0.633 bits per heavy atom. The van der Waals surface area contributed by atoms with E-state index < -0.39 is 12.2 Å². The zero-order chi connectivity index (χ0) is 35.6. The van der Waals surface area contributed by atoms with Crippen LogP contribution in [0.1, 0.15) is 174 Å². The number of hydrogen-bond donors (Lipinski definition) is 2. The van der Waals surface area contributed by atoms with E-state index in [0.717, 1.165) is 70.8 Å². The number of carbonyl (C=O) groups is 2. The first-order valence-electron chi connectivity index (χ1n) is 20.3. The SMILES string of the molecule is CCCCCC/C=C\COC(=O)CCCCCC(O)CN(CCCC=C1CCC1)CC(O)CCCCCC(=O)OC/C=C\CCCCCC. The van der Waals surface area contributed by atoms with Gasteiger partial charge in [0.15, 0.2) is 0 Å². The topological polar surface area (TPSA) is 96.3 Å². The van der Waals surface area contributed by atoms with Crippen LogP contribution in [-0.4, -0.2) is 72.1 Å². The van der Waals surface area contributed by atoms with Gasteiger partial charge in [-0.2, -0.15) is 0 Å². The van der Waals surface area contributed by atoms with Crippen LogP contribution in [-0.2, 0) is 19.1 Å². The number of esters is 2. The molecule has 0 aromatic heterocycles. The van der Waals surface area contributed by atoms with Gasteiger partial charge in [-0.15, -0.1) is 0 Å². The van der Waals surface area contributed by atoms with Crippen molar-refractivity contribution >= 4 is 11.9 Å². The maximum Gasteiger partial charge on any atom is 0.306 e. The summed E-state index contributed by atoms with van der Waals surface area (Å²) in [4.78, 5) is 26.3. The molecule has 1 fully saturated rings. The van der Waals surface area contributed by atoms with Gasteiger partial charge in [0.2, 0.25) is 0 Å². The van der Waals surface area contributed by atoms with Crippen molar-refractivity contribution in [3.05, 3.63) is 36.0 Å². The number of ether oxygens (including phenoxy) is 2. The Labute approximate surface area is 301 Å². The fraction of sp³-hybridized carbons (Fsp3) is 0.810. The maximum absolute atomic E-state index is 12.0. The van der Waals surface area contributed by atoms with E-state index in [1.807, 2.05) is 12.2 Å². The van der Waals surface area contributed by atoms with Crippen LogP contribution < -0.4 is 0 Å². The molecule has 0 amide bonds. The molecule has 0 spiro atoms. The molecule has 0 bridgehead atoms. The monoisotopic (exact) mass is 690 g/mol. The fourth-order valence-corrected chi connectivity index (χ4v) is 6.07. The van der Waals surface area contributed by atoms with Crippen LogP contribution in [0.25, 0.3) is 0 Å². The molecule has 1 saturated carbocycles. The zero-order valence-corrected chi connectivity index (χ0v) is 31.7. The average Bonchev–Trinajstić information content (AvgIpc) is 3.05. The summed E-state index contributed by atoms with van der Waals surface area (Å²) in [5.41, 5.74) is 1.57. The average molecular weight is 690 g/mol. The Bertz CT molecular complexity index is 822. The highest BCUT2D eigenvalue weighted by molar-refractivity contribution is 5.69. The number of aliphatic hydroxyl groups excluding tert-OH is 2. The van der Waals surface area contributed by atoms with E-state index in [2.05, 4.69) is 37.0 Å². The van der Waals surface area contributed by atoms with Crippen molar-refractivity contribution in [3.8, 4) is 0 Å². The minimum absolute atomic E-state index is 0.149. The number of carbonyl (C=O) groups excluding carboxylic acids is 2. The smallest absolute Gasteiger partial charge is 0.306 e. The molecule has 284 valence electrons. The van der Waals surface area contributed by atoms with Crippen LogP contribution in [0.5, 0.6) is 0 Å². The largest absolute Gasteiger partial charge is 0.461 e. The minimum Gasteiger partial charge on any atom is -0.461 e. The summed E-state index contributed by atoms with van der Waals surface area (Å²) in [5.74, 6) is -0.297. The highest BCUT2D eigenvalue weighted by Gasteiger charge is 2.16. The van der Waals surface area contributed by atoms with Crippen molar-refractivity contribution in [1.29, 1.82) is 0 Å². The molecule has 7 nitrogen and oxygen atoms in total. The van der Waals surface area contributed by atoms with Crippen molar-refractivity contribution in [3.63, 3.8) is 0 Å². The standard InChI is InChI=1S/C42H75NO6/c1-3-5-7-9-11-13-23-34-48-41(46)31-19-15-17-29-39(44)36-43(33-22-21-26-38-27-25-28-38)37-40(45)30-18-16-20-32-42(47)49-35-24-14-12-10-8-6-4-2/h13-14,23-24,26,39-40,44-45H,3-12,15-22,25,27-37H2,1-2H3/b23-13-,24-14-. The third-order valence-corrected chi connectivity index (χ3v) is 9.34. The van der Waals surface area contributed by atoms with E-state index in [4.69, 9.17) is 9.47 Å². The summed E-state index contributed by atoms with van der Waals surface area (Å²) in [6.07, 6.45) is 34.8. The molecule has 0 heterocycles. The molecule has 2 atom stereocenters. The number of unbranched alkanes of at least 4 members (excludes halogenated alkanes) is 13. The van der Waals surface area contributed by atoms with Gasteiger partial charge in [-0.05, 0) is 90.0 Å². The zero-order valence-electron chi connectivity index (χ0n) is 31.7. The van der Waals surface area contributed by atoms with E-state index in [1.165, 1.54) is 70.6 Å². The summed E-state index contributed by atoms with van der Waals surface area (Å²) in [7, 11) is 0. The number of hydrogen-bond acceptors (Lipinski definition) is 7. The van der Waals surface area contributed by atoms with E-state index >= 15 is 0 Å². The van der Waals surface area contributed by atoms with Crippen LogP contribution in [0, 0.1) is 0 Å². The molecule has 7 heteroatoms. The molecule has 0 radical (unpaired) electrons. The van der Waals surface area contributed by atoms with Crippen molar-refractivity contribution in [2.75, 3.05) is 32.8 Å². The Balaban J connectivity index is 2.23. The molecule has 0 aromatic rings. The number of nitrogens with zero attached hydrogens (tertiary/aromatic N) is 1. The summed E-state index contributed by atoms with van der Waals surface area (Å²) < 4.78 is 10.6. The molecule has 49 heavy (non-hydrogen) atoms. The molecule has 0 aromatic carbocycles. The lowest BCUT2D eigenvalue weighted by atomic mass is 9.91. The first-order valence-corrected chi connectivity index (χ1v) is 20.3. The fourth-order valence-electron chi connectivity index (χ4n) is 6.07. The van der Waals surface area contributed by atoms with E-state index in [1.54, 1.807) is 5.57 Å². The Hall–Kier alpha value is -1.96. The predicted octanol–water partition coefficient (Wildman–Crippen LogP) is 9.94. The first kappa shape index (κ1) is 45.1. The summed E-state index contributed by atoms with van der Waals surface area (Å²) in [6, 6.07) is 0.